The summed E-state index contributed by atoms with van der Waals surface area (Å²) in [5.41, 5.74) is 0.300. The number of rotatable bonds is 8. The Kier molecular flexibility index (Phi) is 6.64. The number of nitrogens with zero attached hydrogens (tertiary/aromatic N) is 1. The van der Waals surface area contributed by atoms with Crippen molar-refractivity contribution in [2.45, 2.75) is 57.6 Å². The number of aromatic nitrogens is 1. The lowest BCUT2D eigenvalue weighted by atomic mass is 9.70. The van der Waals surface area contributed by atoms with E-state index in [1.165, 1.54) is 0 Å². The van der Waals surface area contributed by atoms with Crippen LogP contribution in [0.5, 0.6) is 0 Å². The first-order valence-corrected chi connectivity index (χ1v) is 13.4. The van der Waals surface area contributed by atoms with Gasteiger partial charge in [0.15, 0.2) is 9.84 Å². The number of amides is 1. The van der Waals surface area contributed by atoms with Gasteiger partial charge >= 0.3 is 0 Å². The van der Waals surface area contributed by atoms with E-state index in [0.29, 0.717) is 33.4 Å². The Bertz CT molecular complexity index is 1300. The third kappa shape index (κ3) is 5.33. The fourth-order valence-electron chi connectivity index (χ4n) is 4.15. The van der Waals surface area contributed by atoms with E-state index >= 15 is 0 Å². The number of carbonyl (C=O) groups excluding carboxylic acids is 1. The molecule has 0 radical (unpaired) electrons. The minimum Gasteiger partial charge on any atom is -0.378 e. The summed E-state index contributed by atoms with van der Waals surface area (Å²) in [6.07, 6.45) is 1.97. The maximum absolute atomic E-state index is 12.7. The summed E-state index contributed by atoms with van der Waals surface area (Å²) < 4.78 is 30.0. The molecule has 1 aromatic heterocycles. The van der Waals surface area contributed by atoms with Crippen LogP contribution in [-0.2, 0) is 22.0 Å². The zero-order valence-electron chi connectivity index (χ0n) is 20.5. The predicted octanol–water partition coefficient (Wildman–Crippen LogP) is 4.38. The van der Waals surface area contributed by atoms with Gasteiger partial charge in [-0.15, -0.1) is 0 Å². The van der Waals surface area contributed by atoms with E-state index in [-0.39, 0.29) is 18.2 Å². The summed E-state index contributed by atoms with van der Waals surface area (Å²) >= 11 is 0. The lowest BCUT2D eigenvalue weighted by Gasteiger charge is -2.39. The maximum Gasteiger partial charge on any atom is 0.251 e. The van der Waals surface area contributed by atoms with Gasteiger partial charge in [-0.05, 0) is 61.1 Å². The van der Waals surface area contributed by atoms with Crippen LogP contribution in [0.25, 0.3) is 0 Å². The highest BCUT2D eigenvalue weighted by Crippen LogP contribution is 2.44. The highest BCUT2D eigenvalue weighted by Gasteiger charge is 2.45. The second-order valence-corrected chi connectivity index (χ2v) is 12.4. The summed E-state index contributed by atoms with van der Waals surface area (Å²) in [5.74, 6) is 0.843. The molecule has 0 saturated heterocycles. The average molecular weight is 497 g/mol. The number of sulfone groups is 1. The summed E-state index contributed by atoms with van der Waals surface area (Å²) in [6, 6.07) is 15.2. The van der Waals surface area contributed by atoms with Crippen molar-refractivity contribution in [3.63, 3.8) is 0 Å². The number of aliphatic hydroxyl groups is 1. The van der Waals surface area contributed by atoms with E-state index in [9.17, 15) is 18.3 Å². The van der Waals surface area contributed by atoms with Crippen molar-refractivity contribution >= 4 is 15.7 Å². The third-order valence-corrected chi connectivity index (χ3v) is 8.44. The van der Waals surface area contributed by atoms with Crippen molar-refractivity contribution in [3.8, 4) is 0 Å². The summed E-state index contributed by atoms with van der Waals surface area (Å²) in [7, 11) is -3.25. The Morgan fingerprint density at radius 1 is 1.09 bits per heavy atom. The highest BCUT2D eigenvalue weighted by atomic mass is 32.2. The van der Waals surface area contributed by atoms with E-state index < -0.39 is 20.9 Å². The molecular formula is C27H32N2O5S. The first kappa shape index (κ1) is 25.1. The molecule has 0 aliphatic heterocycles. The molecule has 1 unspecified atom stereocenters. The van der Waals surface area contributed by atoms with E-state index in [2.05, 4.69) is 10.5 Å². The molecule has 1 saturated carbocycles. The van der Waals surface area contributed by atoms with E-state index in [1.54, 1.807) is 61.5 Å². The number of carbonyl (C=O) groups is 1. The van der Waals surface area contributed by atoms with Gasteiger partial charge in [-0.25, -0.2) is 8.42 Å². The molecule has 35 heavy (non-hydrogen) atoms. The number of hydrogen-bond donors (Lipinski definition) is 2. The van der Waals surface area contributed by atoms with Crippen LogP contribution in [0.1, 0.15) is 66.6 Å². The number of nitrogens with one attached hydrogen (secondary N) is 1. The Balaban J connectivity index is 1.43. The quantitative estimate of drug-likeness (QED) is 0.479. The van der Waals surface area contributed by atoms with Gasteiger partial charge in [0.1, 0.15) is 17.1 Å². The lowest BCUT2D eigenvalue weighted by Crippen LogP contribution is -2.41. The van der Waals surface area contributed by atoms with Crippen LogP contribution in [0.3, 0.4) is 0 Å². The molecule has 2 aromatic carbocycles. The van der Waals surface area contributed by atoms with Crippen LogP contribution in [0.2, 0.25) is 0 Å². The second-order valence-electron chi connectivity index (χ2n) is 10.4. The van der Waals surface area contributed by atoms with Crippen LogP contribution >= 0.6 is 0 Å². The second kappa shape index (κ2) is 9.24. The zero-order valence-corrected chi connectivity index (χ0v) is 21.4. The zero-order chi connectivity index (χ0) is 25.4. The monoisotopic (exact) mass is 496 g/mol. The van der Waals surface area contributed by atoms with Crippen LogP contribution < -0.4 is 5.32 Å². The van der Waals surface area contributed by atoms with Gasteiger partial charge in [0.2, 0.25) is 0 Å². The Labute approximate surface area is 206 Å². The Morgan fingerprint density at radius 3 is 2.23 bits per heavy atom. The van der Waals surface area contributed by atoms with Gasteiger partial charge in [-0.2, -0.15) is 0 Å². The van der Waals surface area contributed by atoms with Crippen molar-refractivity contribution in [2.24, 2.45) is 11.3 Å². The van der Waals surface area contributed by atoms with E-state index in [0.717, 1.165) is 18.4 Å². The Morgan fingerprint density at radius 2 is 1.71 bits per heavy atom. The molecule has 8 heteroatoms. The number of aryl methyl sites for hydroxylation is 1. The molecule has 1 atom stereocenters. The lowest BCUT2D eigenvalue weighted by molar-refractivity contribution is -0.0317. The van der Waals surface area contributed by atoms with Gasteiger partial charge in [0, 0.05) is 23.6 Å². The van der Waals surface area contributed by atoms with Crippen molar-refractivity contribution in [1.82, 2.24) is 10.5 Å². The fourth-order valence-corrected chi connectivity index (χ4v) is 5.85. The molecule has 2 N–H and O–H groups in total. The number of benzene rings is 2. The van der Waals surface area contributed by atoms with Gasteiger partial charge in [-0.1, -0.05) is 50.2 Å². The average Bonchev–Trinajstić information content (AvgIpc) is 3.51. The molecule has 1 aliphatic carbocycles. The predicted molar refractivity (Wildman–Crippen MR) is 133 cm³/mol. The van der Waals surface area contributed by atoms with Crippen LogP contribution in [0, 0.1) is 18.3 Å². The molecule has 4 rings (SSSR count). The van der Waals surface area contributed by atoms with Gasteiger partial charge in [0.25, 0.3) is 5.91 Å². The minimum absolute atomic E-state index is 0.208. The fraction of sp³-hybridized carbons (Fsp3) is 0.407. The molecule has 1 amide bonds. The number of hydrogen-bond acceptors (Lipinski definition) is 6. The smallest absolute Gasteiger partial charge is 0.251 e. The highest BCUT2D eigenvalue weighted by molar-refractivity contribution is 7.91. The van der Waals surface area contributed by atoms with Crippen molar-refractivity contribution in [1.29, 1.82) is 0 Å². The molecule has 1 fully saturated rings. The van der Waals surface area contributed by atoms with Crippen molar-refractivity contribution in [2.75, 3.05) is 5.75 Å². The molecule has 0 spiro atoms. The van der Waals surface area contributed by atoms with Crippen LogP contribution in [0.15, 0.2) is 64.0 Å². The molecule has 7 nitrogen and oxygen atoms in total. The van der Waals surface area contributed by atoms with Crippen LogP contribution in [-0.4, -0.2) is 30.3 Å². The van der Waals surface area contributed by atoms with Crippen LogP contribution in [0.4, 0.5) is 0 Å². The SMILES string of the molecule is Cc1cc(C(O)(c2ccc(C(=O)NCc3ccc(S(=O)(=O)CC4CC4)cc3)cc2)C(C)(C)C)no1. The summed E-state index contributed by atoms with van der Waals surface area (Å²) in [5, 5.41) is 18.6. The molecule has 1 heterocycles. The molecule has 1 aliphatic rings. The van der Waals surface area contributed by atoms with Gasteiger partial charge < -0.3 is 14.9 Å². The van der Waals surface area contributed by atoms with Gasteiger partial charge in [0.05, 0.1) is 10.6 Å². The third-order valence-electron chi connectivity index (χ3n) is 6.54. The first-order chi connectivity index (χ1) is 16.4. The normalized spacial score (nSPS) is 16.0. The summed E-state index contributed by atoms with van der Waals surface area (Å²) in [4.78, 5) is 13.0. The van der Waals surface area contributed by atoms with E-state index in [4.69, 9.17) is 4.52 Å². The standard InChI is InChI=1S/C27H32N2O5S/c1-18-15-24(29-34-18)27(31,26(2,3)4)22-11-9-21(10-12-22)25(30)28-16-19-7-13-23(14-8-19)35(32,33)17-20-5-6-20/h7-15,20,31H,5-6,16-17H2,1-4H3,(H,28,30). The summed E-state index contributed by atoms with van der Waals surface area (Å²) in [6.45, 7) is 7.79. The minimum atomic E-state index is -3.25. The molecule has 3 aromatic rings. The van der Waals surface area contributed by atoms with E-state index in [1.807, 2.05) is 20.8 Å². The first-order valence-electron chi connectivity index (χ1n) is 11.8. The van der Waals surface area contributed by atoms with Crippen molar-refractivity contribution in [3.05, 3.63) is 82.7 Å². The molecule has 186 valence electrons. The topological polar surface area (TPSA) is 110 Å². The maximum atomic E-state index is 12.7. The molecule has 0 bridgehead atoms. The van der Waals surface area contributed by atoms with Crippen molar-refractivity contribution < 1.29 is 22.8 Å². The molecular weight excluding hydrogens is 464 g/mol. The van der Waals surface area contributed by atoms with Gasteiger partial charge in [-0.3, -0.25) is 4.79 Å². The Hall–Kier alpha value is -2.97. The largest absolute Gasteiger partial charge is 0.378 e.